The average molecular weight is 405 g/mol. The van der Waals surface area contributed by atoms with Crippen molar-refractivity contribution in [1.82, 2.24) is 0 Å². The quantitative estimate of drug-likeness (QED) is 0.515. The van der Waals surface area contributed by atoms with Crippen LogP contribution < -0.4 is 0 Å². The predicted molar refractivity (Wildman–Crippen MR) is 116 cm³/mol. The molecule has 1 aliphatic rings. The highest BCUT2D eigenvalue weighted by molar-refractivity contribution is 5.15. The Kier molecular flexibility index (Phi) is 7.64. The van der Waals surface area contributed by atoms with Crippen molar-refractivity contribution in [3.8, 4) is 0 Å². The largest absolute Gasteiger partial charge is 0.376 e. The molecule has 0 aromatic heterocycles. The van der Waals surface area contributed by atoms with Gasteiger partial charge in [0.05, 0.1) is 33.0 Å². The molecule has 156 valence electrons. The second-order valence-electron chi connectivity index (χ2n) is 7.47. The highest BCUT2D eigenvalue weighted by atomic mass is 16.6. The van der Waals surface area contributed by atoms with Crippen molar-refractivity contribution >= 4 is 0 Å². The minimum Gasteiger partial charge on any atom is -0.376 e. The van der Waals surface area contributed by atoms with Gasteiger partial charge in [-0.15, -0.1) is 0 Å². The van der Waals surface area contributed by atoms with Gasteiger partial charge in [-0.05, 0) is 16.7 Å². The third kappa shape index (κ3) is 6.00. The average Bonchev–Trinajstić information content (AvgIpc) is 2.82. The van der Waals surface area contributed by atoms with E-state index >= 15 is 0 Å². The molecule has 0 unspecified atom stereocenters. The van der Waals surface area contributed by atoms with Crippen LogP contribution in [0.5, 0.6) is 0 Å². The summed E-state index contributed by atoms with van der Waals surface area (Å²) in [6, 6.07) is 30.5. The van der Waals surface area contributed by atoms with E-state index in [4.69, 9.17) is 18.9 Å². The molecule has 1 heterocycles. The van der Waals surface area contributed by atoms with Crippen molar-refractivity contribution in [3.63, 3.8) is 0 Å². The molecule has 30 heavy (non-hydrogen) atoms. The fraction of sp³-hybridized carbons (Fsp3) is 0.308. The monoisotopic (exact) mass is 404 g/mol. The van der Waals surface area contributed by atoms with Gasteiger partial charge in [0, 0.05) is 0 Å². The Morgan fingerprint density at radius 3 is 1.30 bits per heavy atom. The zero-order valence-corrected chi connectivity index (χ0v) is 17.1. The van der Waals surface area contributed by atoms with Gasteiger partial charge in [0.25, 0.3) is 0 Å². The zero-order valence-electron chi connectivity index (χ0n) is 17.1. The Bertz CT molecular complexity index is 802. The van der Waals surface area contributed by atoms with Crippen molar-refractivity contribution in [1.29, 1.82) is 0 Å². The lowest BCUT2D eigenvalue weighted by Crippen LogP contribution is -2.51. The van der Waals surface area contributed by atoms with Crippen LogP contribution in [0.3, 0.4) is 0 Å². The number of hydrogen-bond donors (Lipinski definition) is 0. The first-order valence-electron chi connectivity index (χ1n) is 10.4. The fourth-order valence-corrected chi connectivity index (χ4v) is 3.55. The highest BCUT2D eigenvalue weighted by Crippen LogP contribution is 2.22. The maximum atomic E-state index is 6.34. The summed E-state index contributed by atoms with van der Waals surface area (Å²) in [4.78, 5) is 0. The van der Waals surface area contributed by atoms with Crippen molar-refractivity contribution in [3.05, 3.63) is 108 Å². The molecule has 0 amide bonds. The number of ether oxygens (including phenoxy) is 4. The molecule has 0 spiro atoms. The Hall–Kier alpha value is -2.50. The summed E-state index contributed by atoms with van der Waals surface area (Å²) in [5, 5.41) is 0. The number of rotatable bonds is 9. The van der Waals surface area contributed by atoms with Gasteiger partial charge in [-0.1, -0.05) is 91.0 Å². The van der Waals surface area contributed by atoms with E-state index in [0.717, 1.165) is 16.7 Å². The molecule has 1 saturated heterocycles. The van der Waals surface area contributed by atoms with Crippen LogP contribution in [0.1, 0.15) is 16.7 Å². The van der Waals surface area contributed by atoms with Gasteiger partial charge in [-0.3, -0.25) is 0 Å². The van der Waals surface area contributed by atoms with Gasteiger partial charge in [0.2, 0.25) is 0 Å². The molecule has 2 atom stereocenters. The molecule has 4 heteroatoms. The molecule has 0 radical (unpaired) electrons. The van der Waals surface area contributed by atoms with Crippen LogP contribution in [0.25, 0.3) is 0 Å². The molecular formula is C26H28O4. The third-order valence-corrected chi connectivity index (χ3v) is 5.20. The lowest BCUT2D eigenvalue weighted by Gasteiger charge is -2.37. The van der Waals surface area contributed by atoms with Gasteiger partial charge in [-0.2, -0.15) is 0 Å². The van der Waals surface area contributed by atoms with E-state index in [-0.39, 0.29) is 18.3 Å². The minimum atomic E-state index is -0.202. The fourth-order valence-electron chi connectivity index (χ4n) is 3.55. The molecule has 3 aromatic carbocycles. The molecule has 4 rings (SSSR count). The van der Waals surface area contributed by atoms with Crippen LogP contribution in [0, 0.1) is 0 Å². The smallest absolute Gasteiger partial charge is 0.115 e. The first-order valence-corrected chi connectivity index (χ1v) is 10.4. The molecule has 0 N–H and O–H groups in total. The Morgan fingerprint density at radius 1 is 0.533 bits per heavy atom. The summed E-state index contributed by atoms with van der Waals surface area (Å²) in [6.45, 7) is 2.55. The SMILES string of the molecule is c1ccc(COC2[C@@H](OCc3ccccc3)COC[C@@H]2OCc2ccccc2)cc1. The Balaban J connectivity index is 1.42. The third-order valence-electron chi connectivity index (χ3n) is 5.20. The second-order valence-corrected chi connectivity index (χ2v) is 7.47. The second kappa shape index (κ2) is 11.0. The topological polar surface area (TPSA) is 36.9 Å². The zero-order chi connectivity index (χ0) is 20.4. The number of hydrogen-bond acceptors (Lipinski definition) is 4. The Labute approximate surface area is 178 Å². The first-order chi connectivity index (χ1) is 14.9. The molecule has 1 aliphatic heterocycles. The van der Waals surface area contributed by atoms with Crippen LogP contribution >= 0.6 is 0 Å². The van der Waals surface area contributed by atoms with Crippen molar-refractivity contribution in [2.45, 2.75) is 38.1 Å². The van der Waals surface area contributed by atoms with E-state index in [2.05, 4.69) is 36.4 Å². The van der Waals surface area contributed by atoms with E-state index in [0.29, 0.717) is 33.0 Å². The van der Waals surface area contributed by atoms with E-state index in [1.165, 1.54) is 0 Å². The van der Waals surface area contributed by atoms with Crippen LogP contribution in [-0.4, -0.2) is 31.5 Å². The van der Waals surface area contributed by atoms with Crippen LogP contribution in [0.4, 0.5) is 0 Å². The van der Waals surface area contributed by atoms with Gasteiger partial charge in [0.15, 0.2) is 0 Å². The maximum Gasteiger partial charge on any atom is 0.115 e. The number of benzene rings is 3. The Morgan fingerprint density at radius 2 is 0.900 bits per heavy atom. The predicted octanol–water partition coefficient (Wildman–Crippen LogP) is 4.77. The van der Waals surface area contributed by atoms with Gasteiger partial charge in [0.1, 0.15) is 18.3 Å². The molecule has 4 nitrogen and oxygen atoms in total. The highest BCUT2D eigenvalue weighted by Gasteiger charge is 2.36. The normalized spacial score (nSPS) is 19.6. The van der Waals surface area contributed by atoms with Crippen molar-refractivity contribution < 1.29 is 18.9 Å². The van der Waals surface area contributed by atoms with E-state index in [1.54, 1.807) is 0 Å². The summed E-state index contributed by atoms with van der Waals surface area (Å²) in [6.07, 6.45) is -0.585. The molecule has 0 aliphatic carbocycles. The van der Waals surface area contributed by atoms with Crippen molar-refractivity contribution in [2.75, 3.05) is 13.2 Å². The summed E-state index contributed by atoms with van der Waals surface area (Å²) in [7, 11) is 0. The summed E-state index contributed by atoms with van der Waals surface area (Å²) < 4.78 is 24.6. The van der Waals surface area contributed by atoms with Crippen LogP contribution in [0.15, 0.2) is 91.0 Å². The van der Waals surface area contributed by atoms with Gasteiger partial charge >= 0.3 is 0 Å². The summed E-state index contributed by atoms with van der Waals surface area (Å²) in [5.41, 5.74) is 3.39. The van der Waals surface area contributed by atoms with Gasteiger partial charge in [-0.25, -0.2) is 0 Å². The molecular weight excluding hydrogens is 376 g/mol. The summed E-state index contributed by atoms with van der Waals surface area (Å²) >= 11 is 0. The molecule has 0 bridgehead atoms. The maximum absolute atomic E-state index is 6.34. The minimum absolute atomic E-state index is 0.191. The molecule has 1 fully saturated rings. The standard InChI is InChI=1S/C26H28O4/c1-4-10-21(11-5-1)16-28-24-19-27-20-25(29-17-22-12-6-2-7-13-22)26(24)30-18-23-14-8-3-9-15-23/h1-15,24-26H,16-20H2/t24-,25-/m0/s1. The lowest BCUT2D eigenvalue weighted by molar-refractivity contribution is -0.211. The van der Waals surface area contributed by atoms with E-state index in [9.17, 15) is 0 Å². The van der Waals surface area contributed by atoms with Crippen molar-refractivity contribution in [2.24, 2.45) is 0 Å². The summed E-state index contributed by atoms with van der Waals surface area (Å²) in [5.74, 6) is 0. The lowest BCUT2D eigenvalue weighted by atomic mass is 10.1. The van der Waals surface area contributed by atoms with E-state index < -0.39 is 0 Å². The van der Waals surface area contributed by atoms with Crippen LogP contribution in [0.2, 0.25) is 0 Å². The van der Waals surface area contributed by atoms with Crippen LogP contribution in [-0.2, 0) is 38.8 Å². The molecule has 3 aromatic rings. The van der Waals surface area contributed by atoms with E-state index in [1.807, 2.05) is 54.6 Å². The first kappa shape index (κ1) is 20.8. The van der Waals surface area contributed by atoms with Gasteiger partial charge < -0.3 is 18.9 Å². The molecule has 0 saturated carbocycles.